The van der Waals surface area contributed by atoms with Crippen molar-refractivity contribution < 1.29 is 14.3 Å². The fraction of sp³-hybridized carbons (Fsp3) is 0.350. The Bertz CT molecular complexity index is 670. The Morgan fingerprint density at radius 2 is 1.50 bits per heavy atom. The van der Waals surface area contributed by atoms with E-state index in [1.807, 2.05) is 24.3 Å². The number of benzene rings is 2. The van der Waals surface area contributed by atoms with E-state index in [0.717, 1.165) is 5.75 Å². The molecule has 1 atom stereocenters. The van der Waals surface area contributed by atoms with Gasteiger partial charge in [-0.3, -0.25) is 4.79 Å². The minimum atomic E-state index is -0.590. The van der Waals surface area contributed by atoms with Crippen molar-refractivity contribution in [1.82, 2.24) is 0 Å². The number of rotatable bonds is 5. The third kappa shape index (κ3) is 4.75. The maximum atomic E-state index is 12.2. The molecular weight excluding hydrogens is 302 g/mol. The maximum Gasteiger partial charge on any atom is 0.265 e. The van der Waals surface area contributed by atoms with Crippen molar-refractivity contribution in [2.24, 2.45) is 0 Å². The van der Waals surface area contributed by atoms with Gasteiger partial charge in [0, 0.05) is 5.69 Å². The number of ether oxygens (including phenoxy) is 2. The Kier molecular flexibility index (Phi) is 5.50. The largest absolute Gasteiger partial charge is 0.497 e. The van der Waals surface area contributed by atoms with Gasteiger partial charge in [-0.1, -0.05) is 32.9 Å². The number of anilines is 1. The second-order valence-corrected chi connectivity index (χ2v) is 6.75. The molecule has 128 valence electrons. The number of hydrogen-bond acceptors (Lipinski definition) is 3. The predicted molar refractivity (Wildman–Crippen MR) is 96.9 cm³/mol. The Hall–Kier alpha value is -2.49. The normalized spacial score (nSPS) is 12.4. The molecule has 4 nitrogen and oxygen atoms in total. The molecule has 2 rings (SSSR count). The summed E-state index contributed by atoms with van der Waals surface area (Å²) in [6, 6.07) is 15.0. The molecule has 2 aromatic carbocycles. The average Bonchev–Trinajstić information content (AvgIpc) is 2.55. The molecule has 2 aromatic rings. The molecule has 24 heavy (non-hydrogen) atoms. The summed E-state index contributed by atoms with van der Waals surface area (Å²) in [7, 11) is 1.61. The van der Waals surface area contributed by atoms with Gasteiger partial charge in [-0.15, -0.1) is 0 Å². The fourth-order valence-electron chi connectivity index (χ4n) is 2.21. The molecule has 0 saturated carbocycles. The van der Waals surface area contributed by atoms with Crippen LogP contribution in [-0.4, -0.2) is 19.1 Å². The van der Waals surface area contributed by atoms with E-state index in [1.165, 1.54) is 5.56 Å². The molecule has 0 unspecified atom stereocenters. The highest BCUT2D eigenvalue weighted by Crippen LogP contribution is 2.24. The van der Waals surface area contributed by atoms with E-state index in [-0.39, 0.29) is 11.3 Å². The van der Waals surface area contributed by atoms with E-state index in [0.29, 0.717) is 11.4 Å². The van der Waals surface area contributed by atoms with Crippen molar-refractivity contribution in [2.75, 3.05) is 12.4 Å². The van der Waals surface area contributed by atoms with Crippen LogP contribution in [0.15, 0.2) is 48.5 Å². The lowest BCUT2D eigenvalue weighted by Gasteiger charge is -2.20. The zero-order valence-electron chi connectivity index (χ0n) is 14.9. The van der Waals surface area contributed by atoms with Crippen LogP contribution in [0.1, 0.15) is 33.3 Å². The van der Waals surface area contributed by atoms with E-state index < -0.39 is 6.10 Å². The van der Waals surface area contributed by atoms with Gasteiger partial charge < -0.3 is 14.8 Å². The SMILES string of the molecule is COc1ccc(NC(=O)[C@@H](C)Oc2ccc(C(C)(C)C)cc2)cc1. The van der Waals surface area contributed by atoms with Crippen molar-refractivity contribution in [3.63, 3.8) is 0 Å². The monoisotopic (exact) mass is 327 g/mol. The summed E-state index contributed by atoms with van der Waals surface area (Å²) in [5.41, 5.74) is 2.03. The highest BCUT2D eigenvalue weighted by atomic mass is 16.5. The first-order valence-corrected chi connectivity index (χ1v) is 8.02. The summed E-state index contributed by atoms with van der Waals surface area (Å²) in [6.45, 7) is 8.21. The third-order valence-corrected chi connectivity index (χ3v) is 3.76. The number of carbonyl (C=O) groups is 1. The molecule has 0 aliphatic rings. The van der Waals surface area contributed by atoms with Gasteiger partial charge in [-0.25, -0.2) is 0 Å². The molecule has 0 heterocycles. The summed E-state index contributed by atoms with van der Waals surface area (Å²) in [5.74, 6) is 1.23. The Morgan fingerprint density at radius 3 is 2.00 bits per heavy atom. The standard InChI is InChI=1S/C20H25NO3/c1-14(19(22)21-16-8-12-17(23-5)13-9-16)24-18-10-6-15(7-11-18)20(2,3)4/h6-14H,1-5H3,(H,21,22)/t14-/m1/s1. The first-order chi connectivity index (χ1) is 11.3. The molecule has 0 bridgehead atoms. The molecule has 1 amide bonds. The van der Waals surface area contributed by atoms with Crippen LogP contribution in [0.2, 0.25) is 0 Å². The lowest BCUT2D eigenvalue weighted by Crippen LogP contribution is -2.30. The fourth-order valence-corrected chi connectivity index (χ4v) is 2.21. The number of amides is 1. The smallest absolute Gasteiger partial charge is 0.265 e. The number of hydrogen-bond donors (Lipinski definition) is 1. The topological polar surface area (TPSA) is 47.6 Å². The van der Waals surface area contributed by atoms with Gasteiger partial charge in [0.05, 0.1) is 7.11 Å². The molecule has 0 saturated heterocycles. The van der Waals surface area contributed by atoms with Gasteiger partial charge in [-0.2, -0.15) is 0 Å². The zero-order valence-corrected chi connectivity index (χ0v) is 14.9. The molecule has 0 radical (unpaired) electrons. The van der Waals surface area contributed by atoms with E-state index in [1.54, 1.807) is 38.3 Å². The van der Waals surface area contributed by atoms with Gasteiger partial charge in [0.25, 0.3) is 5.91 Å². The molecule has 4 heteroatoms. The molecule has 0 spiro atoms. The van der Waals surface area contributed by atoms with Crippen LogP contribution >= 0.6 is 0 Å². The summed E-state index contributed by atoms with van der Waals surface area (Å²) >= 11 is 0. The van der Waals surface area contributed by atoms with Crippen molar-refractivity contribution in [2.45, 2.75) is 39.2 Å². The molecule has 0 fully saturated rings. The third-order valence-electron chi connectivity index (χ3n) is 3.76. The Labute approximate surface area is 143 Å². The van der Waals surface area contributed by atoms with E-state index in [2.05, 4.69) is 26.1 Å². The molecule has 1 N–H and O–H groups in total. The second kappa shape index (κ2) is 7.39. The second-order valence-electron chi connectivity index (χ2n) is 6.75. The predicted octanol–water partition coefficient (Wildman–Crippen LogP) is 4.40. The van der Waals surface area contributed by atoms with Gasteiger partial charge in [-0.05, 0) is 54.3 Å². The van der Waals surface area contributed by atoms with Crippen LogP contribution in [0.25, 0.3) is 0 Å². The zero-order chi connectivity index (χ0) is 17.7. The number of methoxy groups -OCH3 is 1. The first kappa shape index (κ1) is 17.9. The summed E-state index contributed by atoms with van der Waals surface area (Å²) < 4.78 is 10.8. The van der Waals surface area contributed by atoms with E-state index in [4.69, 9.17) is 9.47 Å². The van der Waals surface area contributed by atoms with Gasteiger partial charge in [0.2, 0.25) is 0 Å². The Balaban J connectivity index is 1.95. The number of carbonyl (C=O) groups excluding carboxylic acids is 1. The van der Waals surface area contributed by atoms with Crippen LogP contribution < -0.4 is 14.8 Å². The van der Waals surface area contributed by atoms with Crippen molar-refractivity contribution in [3.8, 4) is 11.5 Å². The van der Waals surface area contributed by atoms with Crippen LogP contribution in [0.5, 0.6) is 11.5 Å². The minimum absolute atomic E-state index is 0.0931. The number of nitrogens with one attached hydrogen (secondary N) is 1. The van der Waals surface area contributed by atoms with Crippen molar-refractivity contribution in [1.29, 1.82) is 0 Å². The van der Waals surface area contributed by atoms with Gasteiger partial charge in [0.15, 0.2) is 6.10 Å². The summed E-state index contributed by atoms with van der Waals surface area (Å²) in [4.78, 5) is 12.2. The van der Waals surface area contributed by atoms with Crippen LogP contribution in [0.4, 0.5) is 5.69 Å². The lowest BCUT2D eigenvalue weighted by molar-refractivity contribution is -0.122. The van der Waals surface area contributed by atoms with Gasteiger partial charge >= 0.3 is 0 Å². The van der Waals surface area contributed by atoms with Gasteiger partial charge in [0.1, 0.15) is 11.5 Å². The van der Waals surface area contributed by atoms with Crippen LogP contribution in [-0.2, 0) is 10.2 Å². The average molecular weight is 327 g/mol. The van der Waals surface area contributed by atoms with Crippen molar-refractivity contribution in [3.05, 3.63) is 54.1 Å². The quantitative estimate of drug-likeness (QED) is 0.885. The molecule has 0 aliphatic heterocycles. The highest BCUT2D eigenvalue weighted by Gasteiger charge is 2.16. The Morgan fingerprint density at radius 1 is 0.958 bits per heavy atom. The van der Waals surface area contributed by atoms with Crippen LogP contribution in [0.3, 0.4) is 0 Å². The molecule has 0 aromatic heterocycles. The van der Waals surface area contributed by atoms with E-state index in [9.17, 15) is 4.79 Å². The minimum Gasteiger partial charge on any atom is -0.497 e. The van der Waals surface area contributed by atoms with E-state index >= 15 is 0 Å². The molecular formula is C20H25NO3. The maximum absolute atomic E-state index is 12.2. The van der Waals surface area contributed by atoms with Crippen molar-refractivity contribution >= 4 is 11.6 Å². The summed E-state index contributed by atoms with van der Waals surface area (Å²) in [5, 5.41) is 2.83. The first-order valence-electron chi connectivity index (χ1n) is 8.02. The lowest BCUT2D eigenvalue weighted by atomic mass is 9.87. The summed E-state index contributed by atoms with van der Waals surface area (Å²) in [6.07, 6.45) is -0.590. The molecule has 0 aliphatic carbocycles. The highest BCUT2D eigenvalue weighted by molar-refractivity contribution is 5.94. The van der Waals surface area contributed by atoms with Crippen LogP contribution in [0, 0.1) is 0 Å².